The molecule has 0 radical (unpaired) electrons. The molecule has 1 aliphatic rings. The molecule has 8 nitrogen and oxygen atoms in total. The van der Waals surface area contributed by atoms with Gasteiger partial charge in [0, 0.05) is 17.3 Å². The summed E-state index contributed by atoms with van der Waals surface area (Å²) in [6.07, 6.45) is 4.17. The Kier molecular flexibility index (Phi) is 6.04. The van der Waals surface area contributed by atoms with Crippen LogP contribution in [-0.2, 0) is 16.0 Å². The van der Waals surface area contributed by atoms with Crippen LogP contribution in [0.2, 0.25) is 0 Å². The molecule has 2 amide bonds. The van der Waals surface area contributed by atoms with Gasteiger partial charge in [0.2, 0.25) is 0 Å². The van der Waals surface area contributed by atoms with Gasteiger partial charge < -0.3 is 4.74 Å². The van der Waals surface area contributed by atoms with E-state index in [1.54, 1.807) is 54.2 Å². The number of imide groups is 1. The van der Waals surface area contributed by atoms with Crippen molar-refractivity contribution in [3.63, 3.8) is 0 Å². The molecule has 37 heavy (non-hydrogen) atoms. The number of ether oxygens (including phenoxy) is 1. The molecular weight excluding hydrogens is 475 g/mol. The number of methoxy groups -OCH3 is 1. The Morgan fingerprint density at radius 1 is 0.946 bits per heavy atom. The van der Waals surface area contributed by atoms with Gasteiger partial charge >= 0.3 is 5.91 Å². The Hall–Kier alpha value is -4.79. The van der Waals surface area contributed by atoms with Crippen LogP contribution in [0.3, 0.4) is 0 Å². The minimum absolute atomic E-state index is 0.0151. The lowest BCUT2D eigenvalue weighted by Gasteiger charge is -2.14. The van der Waals surface area contributed by atoms with Crippen molar-refractivity contribution in [2.24, 2.45) is 0 Å². The number of aryl methyl sites for hydroxylation is 2. The van der Waals surface area contributed by atoms with Gasteiger partial charge in [0.1, 0.15) is 17.1 Å². The summed E-state index contributed by atoms with van der Waals surface area (Å²) < 4.78 is 21.5. The third kappa shape index (κ3) is 4.04. The normalized spacial score (nSPS) is 13.6. The lowest BCUT2D eigenvalue weighted by molar-refractivity contribution is -0.577. The summed E-state index contributed by atoms with van der Waals surface area (Å²) in [5, 5.41) is 2.96. The topological polar surface area (TPSA) is 88.3 Å². The largest absolute Gasteiger partial charge is 0.497 e. The third-order valence-electron chi connectivity index (χ3n) is 6.32. The van der Waals surface area contributed by atoms with Crippen LogP contribution in [0.4, 0.5) is 10.1 Å². The molecule has 0 bridgehead atoms. The van der Waals surface area contributed by atoms with E-state index in [1.807, 2.05) is 13.0 Å². The number of rotatable bonds is 6. The van der Waals surface area contributed by atoms with E-state index in [1.165, 1.54) is 36.1 Å². The lowest BCUT2D eigenvalue weighted by Crippen LogP contribution is -2.40. The van der Waals surface area contributed by atoms with E-state index in [4.69, 9.17) is 4.74 Å². The molecule has 0 spiro atoms. The Morgan fingerprint density at radius 2 is 1.62 bits per heavy atom. The number of H-pyrrole nitrogens is 1. The first-order valence-corrected chi connectivity index (χ1v) is 11.7. The number of nitrogens with one attached hydrogen (secondary N) is 1. The minimum Gasteiger partial charge on any atom is -0.497 e. The van der Waals surface area contributed by atoms with Crippen molar-refractivity contribution < 1.29 is 23.3 Å². The molecule has 2 aromatic heterocycles. The number of carbonyl (C=O) groups is 2. The highest BCUT2D eigenvalue weighted by molar-refractivity contribution is 6.53. The van der Waals surface area contributed by atoms with Crippen molar-refractivity contribution in [2.75, 3.05) is 12.0 Å². The summed E-state index contributed by atoms with van der Waals surface area (Å²) in [7, 11) is 1.52. The Morgan fingerprint density at radius 3 is 2.27 bits per heavy atom. The van der Waals surface area contributed by atoms with Crippen LogP contribution in [0.1, 0.15) is 23.7 Å². The highest BCUT2D eigenvalue weighted by Gasteiger charge is 2.48. The number of hydrogen-bond acceptors (Lipinski definition) is 4. The van der Waals surface area contributed by atoms with Gasteiger partial charge in [0.15, 0.2) is 12.4 Å². The van der Waals surface area contributed by atoms with Crippen molar-refractivity contribution in [3.8, 4) is 11.4 Å². The molecule has 0 unspecified atom stereocenters. The summed E-state index contributed by atoms with van der Waals surface area (Å²) in [6, 6.07) is 15.6. The van der Waals surface area contributed by atoms with E-state index in [9.17, 15) is 18.8 Å². The predicted molar refractivity (Wildman–Crippen MR) is 136 cm³/mol. The number of nitrogens with zero attached hydrogens (tertiary/aromatic N) is 3. The standard InChI is InChI=1S/C28H23FN4O4/c1-4-18-6-5-15-31(16-18)25-24(26(34)32(28(25)36)20-11-13-22(37-3)14-12-20)23-17(2)30-33(27(23)35)21-9-7-19(29)8-10-21/h5-16H,4H2,1-3H3/p+1. The monoisotopic (exact) mass is 499 g/mol. The molecule has 1 aliphatic heterocycles. The summed E-state index contributed by atoms with van der Waals surface area (Å²) in [6.45, 7) is 3.64. The van der Waals surface area contributed by atoms with Gasteiger partial charge in [-0.1, -0.05) is 6.92 Å². The zero-order valence-corrected chi connectivity index (χ0v) is 20.5. The number of amides is 2. The fourth-order valence-corrected chi connectivity index (χ4v) is 4.43. The molecular formula is C28H24FN4O4+. The molecule has 1 N–H and O–H groups in total. The van der Waals surface area contributed by atoms with Gasteiger partial charge in [-0.2, -0.15) is 4.57 Å². The Bertz CT molecular complexity index is 1620. The van der Waals surface area contributed by atoms with Gasteiger partial charge in [-0.05, 0) is 67.9 Å². The molecule has 0 saturated heterocycles. The van der Waals surface area contributed by atoms with Gasteiger partial charge in [0.25, 0.3) is 17.2 Å². The second kappa shape index (κ2) is 9.34. The number of anilines is 1. The van der Waals surface area contributed by atoms with Crippen molar-refractivity contribution in [3.05, 3.63) is 106 Å². The Balaban J connectivity index is 1.73. The number of aromatic nitrogens is 3. The van der Waals surface area contributed by atoms with Crippen LogP contribution in [0.5, 0.6) is 5.75 Å². The van der Waals surface area contributed by atoms with Crippen LogP contribution in [-0.4, -0.2) is 28.7 Å². The average molecular weight is 500 g/mol. The third-order valence-corrected chi connectivity index (χ3v) is 6.32. The molecule has 5 rings (SSSR count). The molecule has 9 heteroatoms. The zero-order valence-electron chi connectivity index (χ0n) is 20.5. The number of aromatic amines is 1. The molecule has 3 heterocycles. The summed E-state index contributed by atoms with van der Waals surface area (Å²) in [5.41, 5.74) is 1.69. The Labute approximate surface area is 211 Å². The first-order valence-electron chi connectivity index (χ1n) is 11.7. The molecule has 4 aromatic rings. The first kappa shape index (κ1) is 23.9. The minimum atomic E-state index is -0.620. The highest BCUT2D eigenvalue weighted by atomic mass is 19.1. The van der Waals surface area contributed by atoms with Crippen molar-refractivity contribution >= 4 is 28.8 Å². The number of carbonyl (C=O) groups excluding carboxylic acids is 2. The van der Waals surface area contributed by atoms with E-state index in [-0.39, 0.29) is 16.8 Å². The highest BCUT2D eigenvalue weighted by Crippen LogP contribution is 2.34. The van der Waals surface area contributed by atoms with Gasteiger partial charge in [0.05, 0.1) is 24.0 Å². The van der Waals surface area contributed by atoms with Crippen molar-refractivity contribution in [1.82, 2.24) is 9.78 Å². The fourth-order valence-electron chi connectivity index (χ4n) is 4.43. The fraction of sp³-hybridized carbons (Fsp3) is 0.143. The SMILES string of the molecule is CCc1ccc[n+](C2=C(c3c(C)[nH]n(-c4ccc(F)cc4)c3=O)C(=O)N(c3ccc(OC)cc3)C2=O)c1. The molecule has 0 atom stereocenters. The maximum Gasteiger partial charge on any atom is 0.331 e. The van der Waals surface area contributed by atoms with E-state index < -0.39 is 23.2 Å². The second-order valence-corrected chi connectivity index (χ2v) is 8.57. The number of halogens is 1. The maximum absolute atomic E-state index is 13.9. The zero-order chi connectivity index (χ0) is 26.3. The summed E-state index contributed by atoms with van der Waals surface area (Å²) in [4.78, 5) is 42.4. The molecule has 186 valence electrons. The van der Waals surface area contributed by atoms with Gasteiger partial charge in [-0.25, -0.2) is 14.0 Å². The molecule has 0 aliphatic carbocycles. The first-order chi connectivity index (χ1) is 17.8. The van der Waals surface area contributed by atoms with Crippen LogP contribution in [0.25, 0.3) is 17.0 Å². The quantitative estimate of drug-likeness (QED) is 0.325. The van der Waals surface area contributed by atoms with Crippen LogP contribution in [0.15, 0.2) is 77.9 Å². The van der Waals surface area contributed by atoms with E-state index in [2.05, 4.69) is 5.10 Å². The predicted octanol–water partition coefficient (Wildman–Crippen LogP) is 3.41. The second-order valence-electron chi connectivity index (χ2n) is 8.57. The summed E-state index contributed by atoms with van der Waals surface area (Å²) in [5.74, 6) is -1.05. The number of hydrogen-bond donors (Lipinski definition) is 1. The summed E-state index contributed by atoms with van der Waals surface area (Å²) >= 11 is 0. The molecule has 2 aromatic carbocycles. The van der Waals surface area contributed by atoms with Crippen LogP contribution in [0, 0.1) is 12.7 Å². The van der Waals surface area contributed by atoms with Crippen LogP contribution >= 0.6 is 0 Å². The van der Waals surface area contributed by atoms with Gasteiger partial charge in [-0.3, -0.25) is 19.5 Å². The molecule has 0 saturated carbocycles. The van der Waals surface area contributed by atoms with Crippen LogP contribution < -0.4 is 19.8 Å². The lowest BCUT2D eigenvalue weighted by atomic mass is 10.1. The van der Waals surface area contributed by atoms with E-state index in [0.29, 0.717) is 29.2 Å². The number of pyridine rings is 1. The van der Waals surface area contributed by atoms with Crippen molar-refractivity contribution in [1.29, 1.82) is 0 Å². The molecule has 0 fully saturated rings. The van der Waals surface area contributed by atoms with Crippen molar-refractivity contribution in [2.45, 2.75) is 20.3 Å². The maximum atomic E-state index is 13.9. The van der Waals surface area contributed by atoms with Gasteiger partial charge in [-0.15, -0.1) is 0 Å². The number of benzene rings is 2. The smallest absolute Gasteiger partial charge is 0.331 e. The van der Waals surface area contributed by atoms with E-state index in [0.717, 1.165) is 10.5 Å². The average Bonchev–Trinajstić information content (AvgIpc) is 3.34. The van der Waals surface area contributed by atoms with E-state index >= 15 is 0 Å².